The van der Waals surface area contributed by atoms with Crippen molar-refractivity contribution in [1.29, 1.82) is 0 Å². The van der Waals surface area contributed by atoms with Gasteiger partial charge in [-0.1, -0.05) is 6.92 Å². The predicted octanol–water partition coefficient (Wildman–Crippen LogP) is 1.42. The molecule has 1 aliphatic heterocycles. The molecule has 13 heavy (non-hydrogen) atoms. The molecule has 1 rings (SSSR count). The predicted molar refractivity (Wildman–Crippen MR) is 61.5 cm³/mol. The van der Waals surface area contributed by atoms with Gasteiger partial charge in [0, 0.05) is 24.9 Å². The number of thioether (sulfide) groups is 1. The Balaban J connectivity index is 1.99. The molecule has 0 amide bonds. The van der Waals surface area contributed by atoms with Crippen molar-refractivity contribution >= 4 is 11.8 Å². The molecule has 2 nitrogen and oxygen atoms in total. The van der Waals surface area contributed by atoms with Crippen molar-refractivity contribution in [2.24, 2.45) is 0 Å². The van der Waals surface area contributed by atoms with Gasteiger partial charge in [0.05, 0.1) is 0 Å². The number of nitrogens with zero attached hydrogens (tertiary/aromatic N) is 1. The Labute approximate surface area is 86.5 Å². The molecule has 1 heterocycles. The van der Waals surface area contributed by atoms with Gasteiger partial charge in [-0.25, -0.2) is 0 Å². The van der Waals surface area contributed by atoms with Gasteiger partial charge in [0.15, 0.2) is 0 Å². The van der Waals surface area contributed by atoms with Gasteiger partial charge in [-0.2, -0.15) is 11.8 Å². The Bertz CT molecular complexity index is 124. The highest BCUT2D eigenvalue weighted by Crippen LogP contribution is 2.26. The van der Waals surface area contributed by atoms with E-state index in [1.165, 1.54) is 31.7 Å². The molecule has 0 bridgehead atoms. The zero-order chi connectivity index (χ0) is 9.52. The Morgan fingerprint density at radius 2 is 2.38 bits per heavy atom. The molecule has 1 unspecified atom stereocenters. The van der Waals surface area contributed by atoms with Crippen LogP contribution in [0.15, 0.2) is 0 Å². The monoisotopic (exact) mass is 202 g/mol. The first kappa shape index (κ1) is 11.3. The lowest BCUT2D eigenvalue weighted by Gasteiger charge is -2.20. The second-order valence-corrected chi connectivity index (χ2v) is 5.16. The van der Waals surface area contributed by atoms with Gasteiger partial charge in [0.25, 0.3) is 0 Å². The number of likely N-dealkylation sites (N-methyl/N-ethyl adjacent to an activating group) is 2. The fourth-order valence-electron chi connectivity index (χ4n) is 1.67. The Kier molecular flexibility index (Phi) is 5.83. The molecule has 1 fully saturated rings. The number of nitrogens with one attached hydrogen (secondary N) is 1. The fourth-order valence-corrected chi connectivity index (χ4v) is 3.03. The summed E-state index contributed by atoms with van der Waals surface area (Å²) in [5.74, 6) is 1.38. The van der Waals surface area contributed by atoms with E-state index in [4.69, 9.17) is 0 Å². The quantitative estimate of drug-likeness (QED) is 0.656. The summed E-state index contributed by atoms with van der Waals surface area (Å²) in [6.45, 7) is 6.84. The second kappa shape index (κ2) is 6.68. The van der Waals surface area contributed by atoms with Gasteiger partial charge in [-0.15, -0.1) is 0 Å². The highest BCUT2D eigenvalue weighted by atomic mass is 32.2. The first-order valence-corrected chi connectivity index (χ1v) is 6.38. The van der Waals surface area contributed by atoms with Crippen LogP contribution in [-0.4, -0.2) is 49.1 Å². The minimum Gasteiger partial charge on any atom is -0.316 e. The Morgan fingerprint density at radius 1 is 1.54 bits per heavy atom. The van der Waals surface area contributed by atoms with Crippen LogP contribution in [0.25, 0.3) is 0 Å². The lowest BCUT2D eigenvalue weighted by atomic mass is 10.2. The van der Waals surface area contributed by atoms with Crippen molar-refractivity contribution in [2.45, 2.75) is 25.0 Å². The minimum atomic E-state index is 0.909. The molecule has 1 atom stereocenters. The van der Waals surface area contributed by atoms with Crippen LogP contribution >= 0.6 is 11.8 Å². The van der Waals surface area contributed by atoms with E-state index in [-0.39, 0.29) is 0 Å². The summed E-state index contributed by atoms with van der Waals surface area (Å²) in [7, 11) is 2.23. The fraction of sp³-hybridized carbons (Fsp3) is 1.00. The van der Waals surface area contributed by atoms with Crippen LogP contribution < -0.4 is 5.32 Å². The third-order valence-corrected chi connectivity index (χ3v) is 3.84. The molecular formula is C10H22N2S. The van der Waals surface area contributed by atoms with Gasteiger partial charge in [0.1, 0.15) is 0 Å². The highest BCUT2D eigenvalue weighted by Gasteiger charge is 2.16. The summed E-state index contributed by atoms with van der Waals surface area (Å²) < 4.78 is 0. The van der Waals surface area contributed by atoms with Crippen LogP contribution in [0.2, 0.25) is 0 Å². The molecular weight excluding hydrogens is 180 g/mol. The molecule has 0 radical (unpaired) electrons. The van der Waals surface area contributed by atoms with Gasteiger partial charge in [0.2, 0.25) is 0 Å². The van der Waals surface area contributed by atoms with Gasteiger partial charge in [-0.3, -0.25) is 0 Å². The summed E-state index contributed by atoms with van der Waals surface area (Å²) in [6, 6.07) is 0. The van der Waals surface area contributed by atoms with E-state index in [0.29, 0.717) is 0 Å². The largest absolute Gasteiger partial charge is 0.316 e. The molecule has 0 aliphatic carbocycles. The molecule has 0 aromatic heterocycles. The van der Waals surface area contributed by atoms with Crippen molar-refractivity contribution in [3.63, 3.8) is 0 Å². The van der Waals surface area contributed by atoms with Crippen molar-refractivity contribution < 1.29 is 0 Å². The summed E-state index contributed by atoms with van der Waals surface area (Å²) in [4.78, 5) is 2.45. The van der Waals surface area contributed by atoms with Crippen LogP contribution in [0.3, 0.4) is 0 Å². The third kappa shape index (κ3) is 4.89. The van der Waals surface area contributed by atoms with E-state index in [0.717, 1.165) is 18.3 Å². The van der Waals surface area contributed by atoms with Crippen molar-refractivity contribution in [3.05, 3.63) is 0 Å². The number of hydrogen-bond acceptors (Lipinski definition) is 3. The van der Waals surface area contributed by atoms with E-state index in [1.54, 1.807) is 0 Å². The highest BCUT2D eigenvalue weighted by molar-refractivity contribution is 8.00. The first-order chi connectivity index (χ1) is 6.33. The first-order valence-electron chi connectivity index (χ1n) is 5.33. The Hall–Kier alpha value is 0.270. The molecule has 1 saturated heterocycles. The smallest absolute Gasteiger partial charge is 0.0175 e. The second-order valence-electron chi connectivity index (χ2n) is 3.75. The molecule has 78 valence electrons. The topological polar surface area (TPSA) is 15.3 Å². The maximum Gasteiger partial charge on any atom is 0.0175 e. The van der Waals surface area contributed by atoms with Crippen LogP contribution in [0.4, 0.5) is 0 Å². The van der Waals surface area contributed by atoms with Gasteiger partial charge < -0.3 is 10.2 Å². The van der Waals surface area contributed by atoms with Gasteiger partial charge in [-0.05, 0) is 32.2 Å². The molecule has 0 aromatic rings. The van der Waals surface area contributed by atoms with Crippen LogP contribution in [-0.2, 0) is 0 Å². The van der Waals surface area contributed by atoms with Gasteiger partial charge >= 0.3 is 0 Å². The van der Waals surface area contributed by atoms with Crippen molar-refractivity contribution in [2.75, 3.05) is 39.0 Å². The van der Waals surface area contributed by atoms with E-state index >= 15 is 0 Å². The average Bonchev–Trinajstić information content (AvgIpc) is 2.57. The molecule has 0 aromatic carbocycles. The van der Waals surface area contributed by atoms with E-state index < -0.39 is 0 Å². The zero-order valence-electron chi connectivity index (χ0n) is 8.88. The lowest BCUT2D eigenvalue weighted by Crippen LogP contribution is -2.33. The molecule has 1 aliphatic rings. The molecule has 1 N–H and O–H groups in total. The summed E-state index contributed by atoms with van der Waals surface area (Å²) in [5, 5.41) is 4.26. The minimum absolute atomic E-state index is 0.909. The maximum atomic E-state index is 3.36. The summed E-state index contributed by atoms with van der Waals surface area (Å²) in [6.07, 6.45) is 2.85. The van der Waals surface area contributed by atoms with Crippen LogP contribution in [0.1, 0.15) is 19.8 Å². The van der Waals surface area contributed by atoms with E-state index in [2.05, 4.69) is 35.9 Å². The maximum absolute atomic E-state index is 3.36. The average molecular weight is 202 g/mol. The SMILES string of the molecule is CCNCCN(C)CC1CCCS1. The van der Waals surface area contributed by atoms with Crippen LogP contribution in [0, 0.1) is 0 Å². The molecule has 0 spiro atoms. The summed E-state index contributed by atoms with van der Waals surface area (Å²) in [5.41, 5.74) is 0. The van der Waals surface area contributed by atoms with Crippen molar-refractivity contribution in [3.8, 4) is 0 Å². The Morgan fingerprint density at radius 3 is 3.00 bits per heavy atom. The van der Waals surface area contributed by atoms with Crippen molar-refractivity contribution in [1.82, 2.24) is 10.2 Å². The molecule has 0 saturated carbocycles. The van der Waals surface area contributed by atoms with E-state index in [1.807, 2.05) is 0 Å². The summed E-state index contributed by atoms with van der Waals surface area (Å²) >= 11 is 2.15. The standard InChI is InChI=1S/C10H22N2S/c1-3-11-6-7-12(2)9-10-5-4-8-13-10/h10-11H,3-9H2,1-2H3. The third-order valence-electron chi connectivity index (χ3n) is 2.46. The normalized spacial score (nSPS) is 22.8. The van der Waals surface area contributed by atoms with Crippen LogP contribution in [0.5, 0.6) is 0 Å². The molecule has 3 heteroatoms. The number of hydrogen-bond donors (Lipinski definition) is 1. The number of rotatable bonds is 6. The lowest BCUT2D eigenvalue weighted by molar-refractivity contribution is 0.331. The van der Waals surface area contributed by atoms with E-state index in [9.17, 15) is 0 Å². The zero-order valence-corrected chi connectivity index (χ0v) is 9.70.